The van der Waals surface area contributed by atoms with Crippen molar-refractivity contribution in [2.24, 2.45) is 5.41 Å². The summed E-state index contributed by atoms with van der Waals surface area (Å²) < 4.78 is 13.8. The van der Waals surface area contributed by atoms with Crippen LogP contribution in [0.2, 0.25) is 0 Å². The molecule has 3 nitrogen and oxygen atoms in total. The van der Waals surface area contributed by atoms with Crippen LogP contribution in [0.15, 0.2) is 34.9 Å². The fourth-order valence-corrected chi connectivity index (χ4v) is 3.10. The van der Waals surface area contributed by atoms with Crippen molar-refractivity contribution in [3.05, 3.63) is 34.9 Å². The second kappa shape index (κ2) is 6.42. The highest BCUT2D eigenvalue weighted by atomic mass is 19.1. The molecule has 0 aromatic carbocycles. The molecule has 0 aromatic heterocycles. The van der Waals surface area contributed by atoms with Crippen LogP contribution in [0.1, 0.15) is 41.0 Å². The maximum Gasteiger partial charge on any atom is 0.121 e. The summed E-state index contributed by atoms with van der Waals surface area (Å²) in [5.41, 5.74) is -0.396. The highest BCUT2D eigenvalue weighted by Gasteiger charge is 2.50. The van der Waals surface area contributed by atoms with Crippen molar-refractivity contribution < 1.29 is 19.7 Å². The van der Waals surface area contributed by atoms with E-state index in [1.54, 1.807) is 25.2 Å². The summed E-state index contributed by atoms with van der Waals surface area (Å²) in [6, 6.07) is 0. The van der Waals surface area contributed by atoms with E-state index in [1.807, 2.05) is 20.8 Å². The molecule has 0 bridgehead atoms. The Labute approximate surface area is 126 Å². The minimum Gasteiger partial charge on any atom is -0.392 e. The molecular formula is C17H27FO3. The van der Waals surface area contributed by atoms with E-state index in [4.69, 9.17) is 5.11 Å². The van der Waals surface area contributed by atoms with Crippen LogP contribution in [0.5, 0.6) is 0 Å². The lowest BCUT2D eigenvalue weighted by atomic mass is 9.61. The van der Waals surface area contributed by atoms with E-state index < -0.39 is 23.3 Å². The van der Waals surface area contributed by atoms with E-state index in [0.29, 0.717) is 5.57 Å². The maximum absolute atomic E-state index is 13.8. The number of allylic oxidation sites excluding steroid dienone is 2. The van der Waals surface area contributed by atoms with Gasteiger partial charge in [0.1, 0.15) is 11.8 Å². The molecule has 1 rings (SSSR count). The van der Waals surface area contributed by atoms with E-state index >= 15 is 0 Å². The number of rotatable bonds is 4. The third kappa shape index (κ3) is 3.44. The van der Waals surface area contributed by atoms with Gasteiger partial charge in [0.05, 0.1) is 12.7 Å². The predicted octanol–water partition coefficient (Wildman–Crippen LogP) is 2.68. The van der Waals surface area contributed by atoms with Gasteiger partial charge < -0.3 is 15.3 Å². The average Bonchev–Trinajstić information content (AvgIpc) is 2.33. The van der Waals surface area contributed by atoms with Crippen molar-refractivity contribution in [3.8, 4) is 0 Å². The molecule has 21 heavy (non-hydrogen) atoms. The molecule has 0 fully saturated rings. The zero-order valence-corrected chi connectivity index (χ0v) is 13.5. The van der Waals surface area contributed by atoms with Gasteiger partial charge in [-0.1, -0.05) is 31.6 Å². The first-order chi connectivity index (χ1) is 9.56. The zero-order chi connectivity index (χ0) is 16.4. The summed E-state index contributed by atoms with van der Waals surface area (Å²) >= 11 is 0. The van der Waals surface area contributed by atoms with Crippen molar-refractivity contribution in [1.82, 2.24) is 0 Å². The van der Waals surface area contributed by atoms with Gasteiger partial charge in [-0.3, -0.25) is 0 Å². The third-order valence-electron chi connectivity index (χ3n) is 4.53. The van der Waals surface area contributed by atoms with Gasteiger partial charge in [0.15, 0.2) is 0 Å². The number of aliphatic hydroxyl groups is 3. The average molecular weight is 298 g/mol. The SMILES string of the molecule is CC1=C(C(C)F)C(O)CC(C)(C)C1(O)/C=C/C(C)=C\CO. The Kier molecular flexibility index (Phi) is 5.53. The van der Waals surface area contributed by atoms with Gasteiger partial charge in [-0.05, 0) is 44.4 Å². The molecule has 0 spiro atoms. The van der Waals surface area contributed by atoms with E-state index in [2.05, 4.69) is 0 Å². The van der Waals surface area contributed by atoms with Crippen molar-refractivity contribution in [1.29, 1.82) is 0 Å². The van der Waals surface area contributed by atoms with Crippen molar-refractivity contribution >= 4 is 0 Å². The Bertz CT molecular complexity index is 474. The minimum absolute atomic E-state index is 0.0711. The van der Waals surface area contributed by atoms with Crippen molar-refractivity contribution in [2.45, 2.75) is 58.9 Å². The van der Waals surface area contributed by atoms with E-state index in [1.165, 1.54) is 6.92 Å². The molecule has 4 heteroatoms. The number of hydrogen-bond donors (Lipinski definition) is 3. The molecule has 0 radical (unpaired) electrons. The third-order valence-corrected chi connectivity index (χ3v) is 4.53. The second-order valence-electron chi connectivity index (χ2n) is 6.53. The highest BCUT2D eigenvalue weighted by molar-refractivity contribution is 5.40. The minimum atomic E-state index is -1.33. The summed E-state index contributed by atoms with van der Waals surface area (Å²) in [5.74, 6) is 0. The topological polar surface area (TPSA) is 60.7 Å². The second-order valence-corrected chi connectivity index (χ2v) is 6.53. The van der Waals surface area contributed by atoms with E-state index in [-0.39, 0.29) is 18.6 Å². The fraction of sp³-hybridized carbons (Fsp3) is 0.647. The lowest BCUT2D eigenvalue weighted by Crippen LogP contribution is -2.51. The molecule has 0 aliphatic heterocycles. The molecule has 1 aliphatic rings. The molecule has 0 saturated heterocycles. The standard InChI is InChI=1S/C17H27FO3/c1-11(7-9-19)6-8-17(21)12(2)15(13(3)18)14(20)10-16(17,4)5/h6-8,13-14,19-21H,9-10H2,1-5H3/b8-6+,11-7-. The number of aliphatic hydroxyl groups excluding tert-OH is 2. The van der Waals surface area contributed by atoms with Crippen LogP contribution < -0.4 is 0 Å². The maximum atomic E-state index is 13.8. The van der Waals surface area contributed by atoms with E-state index in [0.717, 1.165) is 5.57 Å². The first-order valence-corrected chi connectivity index (χ1v) is 7.29. The van der Waals surface area contributed by atoms with Crippen LogP contribution in [0.25, 0.3) is 0 Å². The molecule has 3 atom stereocenters. The van der Waals surface area contributed by atoms with Crippen LogP contribution in [0.4, 0.5) is 4.39 Å². The van der Waals surface area contributed by atoms with Crippen LogP contribution in [0.3, 0.4) is 0 Å². The molecule has 0 aromatic rings. The molecule has 3 N–H and O–H groups in total. The molecule has 0 heterocycles. The largest absolute Gasteiger partial charge is 0.392 e. The van der Waals surface area contributed by atoms with Gasteiger partial charge in [-0.15, -0.1) is 0 Å². The Morgan fingerprint density at radius 2 is 2.05 bits per heavy atom. The quantitative estimate of drug-likeness (QED) is 0.552. The van der Waals surface area contributed by atoms with Crippen LogP contribution in [-0.4, -0.2) is 39.8 Å². The summed E-state index contributed by atoms with van der Waals surface area (Å²) in [7, 11) is 0. The molecule has 1 aliphatic carbocycles. The van der Waals surface area contributed by atoms with Crippen LogP contribution in [-0.2, 0) is 0 Å². The molecule has 120 valence electrons. The lowest BCUT2D eigenvalue weighted by molar-refractivity contribution is -0.0373. The van der Waals surface area contributed by atoms with Crippen molar-refractivity contribution in [3.63, 3.8) is 0 Å². The van der Waals surface area contributed by atoms with Gasteiger partial charge in [0.25, 0.3) is 0 Å². The van der Waals surface area contributed by atoms with Crippen LogP contribution >= 0.6 is 0 Å². The normalized spacial score (nSPS) is 31.9. The van der Waals surface area contributed by atoms with Gasteiger partial charge >= 0.3 is 0 Å². The molecule has 0 saturated carbocycles. The fourth-order valence-electron chi connectivity index (χ4n) is 3.10. The first kappa shape index (κ1) is 18.1. The van der Waals surface area contributed by atoms with Gasteiger partial charge in [-0.2, -0.15) is 0 Å². The first-order valence-electron chi connectivity index (χ1n) is 7.29. The van der Waals surface area contributed by atoms with Crippen LogP contribution in [0, 0.1) is 5.41 Å². The van der Waals surface area contributed by atoms with Gasteiger partial charge in [0.2, 0.25) is 0 Å². The summed E-state index contributed by atoms with van der Waals surface area (Å²) in [5, 5.41) is 30.1. The number of halogens is 1. The summed E-state index contributed by atoms with van der Waals surface area (Å²) in [6.07, 6.45) is 3.10. The Morgan fingerprint density at radius 3 is 2.52 bits per heavy atom. The zero-order valence-electron chi connectivity index (χ0n) is 13.5. The number of hydrogen-bond acceptors (Lipinski definition) is 3. The summed E-state index contributed by atoms with van der Waals surface area (Å²) in [4.78, 5) is 0. The molecular weight excluding hydrogens is 271 g/mol. The van der Waals surface area contributed by atoms with E-state index in [9.17, 15) is 14.6 Å². The van der Waals surface area contributed by atoms with Gasteiger partial charge in [0, 0.05) is 5.41 Å². The Hall–Kier alpha value is -0.970. The smallest absolute Gasteiger partial charge is 0.121 e. The Balaban J connectivity index is 3.36. The monoisotopic (exact) mass is 298 g/mol. The summed E-state index contributed by atoms with van der Waals surface area (Å²) in [6.45, 7) is 8.51. The number of alkyl halides is 1. The molecule has 0 amide bonds. The highest BCUT2D eigenvalue weighted by Crippen LogP contribution is 2.48. The van der Waals surface area contributed by atoms with Crippen molar-refractivity contribution in [2.75, 3.05) is 6.61 Å². The predicted molar refractivity (Wildman–Crippen MR) is 82.6 cm³/mol. The lowest BCUT2D eigenvalue weighted by Gasteiger charge is -2.48. The molecule has 3 unspecified atom stereocenters. The Morgan fingerprint density at radius 1 is 1.48 bits per heavy atom. The van der Waals surface area contributed by atoms with Gasteiger partial charge in [-0.25, -0.2) is 4.39 Å².